The molecule has 0 bridgehead atoms. The highest BCUT2D eigenvalue weighted by Crippen LogP contribution is 2.31. The Balaban J connectivity index is 1.82. The monoisotopic (exact) mass is 645 g/mol. The first-order valence-electron chi connectivity index (χ1n) is 15.0. The van der Waals surface area contributed by atoms with Gasteiger partial charge in [0.1, 0.15) is 12.6 Å². The normalized spacial score (nSPS) is 12.6. The number of aryl methyl sites for hydroxylation is 1. The second kappa shape index (κ2) is 15.2. The average molecular weight is 646 g/mol. The molecule has 9 heteroatoms. The summed E-state index contributed by atoms with van der Waals surface area (Å²) in [5.74, 6) is -0.821. The average Bonchev–Trinajstić information content (AvgIpc) is 3.04. The van der Waals surface area contributed by atoms with Crippen LogP contribution < -0.4 is 9.62 Å². The van der Waals surface area contributed by atoms with E-state index in [4.69, 9.17) is 11.6 Å². The molecule has 0 aliphatic rings. The largest absolute Gasteiger partial charge is 0.352 e. The SMILES string of the molecule is CC[C@@H](C)NC(=O)[C@@H](Cc1ccccc1)N(Cc1ccccc1)C(=O)CN(c1cccc(Cl)c1C)S(=O)(=O)c1ccc(C)cc1. The predicted molar refractivity (Wildman–Crippen MR) is 181 cm³/mol. The number of carbonyl (C=O) groups excluding carboxylic acids is 2. The maximum atomic E-state index is 14.6. The summed E-state index contributed by atoms with van der Waals surface area (Å²) >= 11 is 6.46. The molecule has 2 atom stereocenters. The van der Waals surface area contributed by atoms with E-state index in [-0.39, 0.29) is 29.8 Å². The van der Waals surface area contributed by atoms with E-state index in [1.54, 1.807) is 37.3 Å². The van der Waals surface area contributed by atoms with E-state index in [2.05, 4.69) is 5.32 Å². The second-order valence-corrected chi connectivity index (χ2v) is 13.5. The van der Waals surface area contributed by atoms with Crippen molar-refractivity contribution in [2.75, 3.05) is 10.8 Å². The van der Waals surface area contributed by atoms with Crippen LogP contribution in [0, 0.1) is 13.8 Å². The van der Waals surface area contributed by atoms with Crippen molar-refractivity contribution in [3.8, 4) is 0 Å². The Bertz CT molecular complexity index is 1700. The third-order valence-corrected chi connectivity index (χ3v) is 10.0. The van der Waals surface area contributed by atoms with Crippen LogP contribution in [0.2, 0.25) is 5.02 Å². The molecule has 0 radical (unpaired) electrons. The Kier molecular flexibility index (Phi) is 11.4. The van der Waals surface area contributed by atoms with Gasteiger partial charge in [-0.2, -0.15) is 0 Å². The van der Waals surface area contributed by atoms with Gasteiger partial charge in [-0.05, 0) is 68.1 Å². The van der Waals surface area contributed by atoms with E-state index >= 15 is 0 Å². The topological polar surface area (TPSA) is 86.8 Å². The van der Waals surface area contributed by atoms with Crippen LogP contribution in [0.5, 0.6) is 0 Å². The van der Waals surface area contributed by atoms with Crippen molar-refractivity contribution in [2.24, 2.45) is 0 Å². The lowest BCUT2D eigenvalue weighted by Gasteiger charge is -2.34. The number of nitrogens with zero attached hydrogens (tertiary/aromatic N) is 2. The molecule has 0 fully saturated rings. The summed E-state index contributed by atoms with van der Waals surface area (Å²) in [6.07, 6.45) is 0.968. The first-order valence-corrected chi connectivity index (χ1v) is 16.8. The summed E-state index contributed by atoms with van der Waals surface area (Å²) in [5, 5.41) is 3.43. The highest BCUT2D eigenvalue weighted by molar-refractivity contribution is 7.92. The van der Waals surface area contributed by atoms with Crippen LogP contribution in [0.1, 0.15) is 42.5 Å². The van der Waals surface area contributed by atoms with Crippen LogP contribution in [0.3, 0.4) is 0 Å². The maximum absolute atomic E-state index is 14.6. The van der Waals surface area contributed by atoms with Gasteiger partial charge in [-0.15, -0.1) is 0 Å². The lowest BCUT2D eigenvalue weighted by molar-refractivity contribution is -0.140. The summed E-state index contributed by atoms with van der Waals surface area (Å²) in [6.45, 7) is 7.06. The quantitative estimate of drug-likeness (QED) is 0.175. The van der Waals surface area contributed by atoms with Gasteiger partial charge < -0.3 is 10.2 Å². The zero-order valence-corrected chi connectivity index (χ0v) is 27.7. The van der Waals surface area contributed by atoms with E-state index < -0.39 is 28.5 Å². The lowest BCUT2D eigenvalue weighted by Crippen LogP contribution is -2.54. The molecular formula is C36H40ClN3O4S. The number of hydrogen-bond acceptors (Lipinski definition) is 4. The molecule has 236 valence electrons. The van der Waals surface area contributed by atoms with Crippen molar-refractivity contribution >= 4 is 39.1 Å². The number of benzene rings is 4. The van der Waals surface area contributed by atoms with Gasteiger partial charge in [-0.3, -0.25) is 13.9 Å². The van der Waals surface area contributed by atoms with Crippen LogP contribution in [0.4, 0.5) is 5.69 Å². The molecule has 0 saturated carbocycles. The molecule has 45 heavy (non-hydrogen) atoms. The van der Waals surface area contributed by atoms with Crippen molar-refractivity contribution in [1.82, 2.24) is 10.2 Å². The fraction of sp³-hybridized carbons (Fsp3) is 0.278. The molecule has 2 amide bonds. The minimum atomic E-state index is -4.21. The van der Waals surface area contributed by atoms with Crippen LogP contribution in [0.15, 0.2) is 108 Å². The maximum Gasteiger partial charge on any atom is 0.264 e. The molecule has 0 spiro atoms. The fourth-order valence-corrected chi connectivity index (χ4v) is 6.63. The van der Waals surface area contributed by atoms with Crippen LogP contribution in [-0.4, -0.2) is 43.8 Å². The molecule has 7 nitrogen and oxygen atoms in total. The molecular weight excluding hydrogens is 606 g/mol. The van der Waals surface area contributed by atoms with Crippen LogP contribution in [0.25, 0.3) is 0 Å². The van der Waals surface area contributed by atoms with E-state index in [9.17, 15) is 18.0 Å². The molecule has 0 aromatic heterocycles. The number of rotatable bonds is 13. The molecule has 0 aliphatic carbocycles. The Labute approximate surface area is 271 Å². The van der Waals surface area contributed by atoms with E-state index in [0.717, 1.165) is 21.0 Å². The minimum Gasteiger partial charge on any atom is -0.352 e. The summed E-state index contributed by atoms with van der Waals surface area (Å²) in [7, 11) is -4.21. The minimum absolute atomic E-state index is 0.0465. The molecule has 0 aliphatic heterocycles. The third-order valence-electron chi connectivity index (χ3n) is 7.86. The number of hydrogen-bond donors (Lipinski definition) is 1. The Hall–Kier alpha value is -4.14. The standard InChI is InChI=1S/C36H40ClN3O4S/c1-5-27(3)38-36(42)34(23-29-13-8-6-9-14-29)39(24-30-15-10-7-11-16-30)35(41)25-40(33-18-12-17-32(37)28(33)4)45(43,44)31-21-19-26(2)20-22-31/h6-22,27,34H,5,23-25H2,1-4H3,(H,38,42)/t27-,34-/m1/s1. The van der Waals surface area contributed by atoms with Gasteiger partial charge in [0.15, 0.2) is 0 Å². The number of sulfonamides is 1. The van der Waals surface area contributed by atoms with E-state index in [1.807, 2.05) is 81.4 Å². The van der Waals surface area contributed by atoms with Crippen molar-refractivity contribution in [3.05, 3.63) is 130 Å². The zero-order chi connectivity index (χ0) is 32.6. The molecule has 4 aromatic carbocycles. The summed E-state index contributed by atoms with van der Waals surface area (Å²) in [5.41, 5.74) is 3.41. The number of halogens is 1. The zero-order valence-electron chi connectivity index (χ0n) is 26.1. The van der Waals surface area contributed by atoms with Crippen LogP contribution >= 0.6 is 11.6 Å². The predicted octanol–water partition coefficient (Wildman–Crippen LogP) is 6.71. The van der Waals surface area contributed by atoms with Gasteiger partial charge in [0.05, 0.1) is 10.6 Å². The molecule has 0 unspecified atom stereocenters. The third kappa shape index (κ3) is 8.53. The van der Waals surface area contributed by atoms with Gasteiger partial charge in [0, 0.05) is 24.0 Å². The molecule has 1 N–H and O–H groups in total. The Morgan fingerprint density at radius 2 is 1.42 bits per heavy atom. The molecule has 4 rings (SSSR count). The number of anilines is 1. The second-order valence-electron chi connectivity index (χ2n) is 11.2. The van der Waals surface area contributed by atoms with Gasteiger partial charge in [-0.25, -0.2) is 8.42 Å². The fourth-order valence-electron chi connectivity index (χ4n) is 4.99. The summed E-state index contributed by atoms with van der Waals surface area (Å²) < 4.78 is 29.6. The summed E-state index contributed by atoms with van der Waals surface area (Å²) in [6, 6.07) is 29.3. The Morgan fingerprint density at radius 3 is 2.02 bits per heavy atom. The highest BCUT2D eigenvalue weighted by Gasteiger charge is 2.35. The van der Waals surface area contributed by atoms with E-state index in [0.29, 0.717) is 22.7 Å². The summed E-state index contributed by atoms with van der Waals surface area (Å²) in [4.78, 5) is 30.0. The molecule has 0 heterocycles. The van der Waals surface area contributed by atoms with Crippen molar-refractivity contribution in [3.63, 3.8) is 0 Å². The van der Waals surface area contributed by atoms with Gasteiger partial charge in [0.25, 0.3) is 10.0 Å². The van der Waals surface area contributed by atoms with Gasteiger partial charge in [0.2, 0.25) is 11.8 Å². The smallest absolute Gasteiger partial charge is 0.264 e. The Morgan fingerprint density at radius 1 is 0.822 bits per heavy atom. The number of carbonyl (C=O) groups is 2. The molecule has 4 aromatic rings. The number of amides is 2. The van der Waals surface area contributed by atoms with Crippen molar-refractivity contribution in [1.29, 1.82) is 0 Å². The van der Waals surface area contributed by atoms with Gasteiger partial charge in [-0.1, -0.05) is 103 Å². The molecule has 0 saturated heterocycles. The highest BCUT2D eigenvalue weighted by atomic mass is 35.5. The number of nitrogens with one attached hydrogen (secondary N) is 1. The first kappa shape index (κ1) is 33.7. The van der Waals surface area contributed by atoms with E-state index in [1.165, 1.54) is 17.0 Å². The van der Waals surface area contributed by atoms with Crippen LogP contribution in [-0.2, 0) is 32.6 Å². The van der Waals surface area contributed by atoms with Crippen molar-refractivity contribution < 1.29 is 18.0 Å². The lowest BCUT2D eigenvalue weighted by atomic mass is 10.0. The first-order chi connectivity index (χ1) is 21.5. The van der Waals surface area contributed by atoms with Gasteiger partial charge >= 0.3 is 0 Å². The van der Waals surface area contributed by atoms with Crippen molar-refractivity contribution in [2.45, 2.75) is 64.1 Å².